The summed E-state index contributed by atoms with van der Waals surface area (Å²) in [7, 11) is 0. The fraction of sp³-hybridized carbons (Fsp3) is 0.154. The first kappa shape index (κ1) is 22.1. The number of aromatic amines is 2. The SMILES string of the molecule is Cc1ccc(-c2nccc3[nH]c(-c4n[nH]c5ccc(-c6cncc(NC(=O)C(C)C)c6)nc45)nc23)s1. The topological polar surface area (TPSA) is 125 Å². The normalized spacial score (nSPS) is 11.6. The van der Waals surface area contributed by atoms with Crippen LogP contribution in [0.1, 0.15) is 18.7 Å². The zero-order valence-corrected chi connectivity index (χ0v) is 20.6. The van der Waals surface area contributed by atoms with Crippen molar-refractivity contribution >= 4 is 45.0 Å². The van der Waals surface area contributed by atoms with Gasteiger partial charge in [-0.1, -0.05) is 13.8 Å². The van der Waals surface area contributed by atoms with Gasteiger partial charge in [0.1, 0.15) is 16.7 Å². The molecule has 0 bridgehead atoms. The number of carbonyl (C=O) groups is 1. The molecule has 0 radical (unpaired) electrons. The van der Waals surface area contributed by atoms with Crippen LogP contribution in [-0.4, -0.2) is 41.0 Å². The second-order valence-electron chi connectivity index (χ2n) is 8.82. The number of aryl methyl sites for hydroxylation is 1. The highest BCUT2D eigenvalue weighted by atomic mass is 32.1. The van der Waals surface area contributed by atoms with E-state index in [4.69, 9.17) is 9.97 Å². The average molecular weight is 495 g/mol. The number of anilines is 1. The Kier molecular flexibility index (Phi) is 5.30. The van der Waals surface area contributed by atoms with Gasteiger partial charge in [-0.05, 0) is 43.3 Å². The highest BCUT2D eigenvalue weighted by Crippen LogP contribution is 2.33. The molecule has 0 aromatic carbocycles. The summed E-state index contributed by atoms with van der Waals surface area (Å²) in [6, 6.07) is 11.8. The predicted molar refractivity (Wildman–Crippen MR) is 142 cm³/mol. The number of imidazole rings is 1. The number of aromatic nitrogens is 7. The van der Waals surface area contributed by atoms with Gasteiger partial charge in [-0.15, -0.1) is 11.3 Å². The largest absolute Gasteiger partial charge is 0.336 e. The van der Waals surface area contributed by atoms with Gasteiger partial charge in [0.15, 0.2) is 11.5 Å². The number of thiophene rings is 1. The third-order valence-electron chi connectivity index (χ3n) is 5.83. The van der Waals surface area contributed by atoms with Gasteiger partial charge < -0.3 is 10.3 Å². The molecule has 0 saturated heterocycles. The van der Waals surface area contributed by atoms with Crippen LogP contribution in [0, 0.1) is 12.8 Å². The molecular formula is C26H22N8OS. The van der Waals surface area contributed by atoms with Crippen LogP contribution in [0.2, 0.25) is 0 Å². The molecular weight excluding hydrogens is 472 g/mol. The molecule has 3 N–H and O–H groups in total. The first-order valence-corrected chi connectivity index (χ1v) is 12.3. The lowest BCUT2D eigenvalue weighted by Gasteiger charge is -2.08. The molecule has 0 aliphatic carbocycles. The molecule has 6 aromatic rings. The van der Waals surface area contributed by atoms with Gasteiger partial charge >= 0.3 is 0 Å². The highest BCUT2D eigenvalue weighted by molar-refractivity contribution is 7.15. The Morgan fingerprint density at radius 2 is 1.86 bits per heavy atom. The molecule has 178 valence electrons. The van der Waals surface area contributed by atoms with Gasteiger partial charge in [-0.3, -0.25) is 19.9 Å². The van der Waals surface area contributed by atoms with Crippen molar-refractivity contribution in [3.63, 3.8) is 0 Å². The van der Waals surface area contributed by atoms with E-state index in [1.165, 1.54) is 4.88 Å². The van der Waals surface area contributed by atoms with E-state index in [0.717, 1.165) is 32.7 Å². The van der Waals surface area contributed by atoms with E-state index in [9.17, 15) is 4.79 Å². The Balaban J connectivity index is 1.41. The van der Waals surface area contributed by atoms with Crippen molar-refractivity contribution in [3.05, 3.63) is 59.9 Å². The lowest BCUT2D eigenvalue weighted by Crippen LogP contribution is -2.17. The number of nitrogens with one attached hydrogen (secondary N) is 3. The van der Waals surface area contributed by atoms with Crippen LogP contribution >= 0.6 is 11.3 Å². The van der Waals surface area contributed by atoms with E-state index >= 15 is 0 Å². The lowest BCUT2D eigenvalue weighted by atomic mass is 10.1. The van der Waals surface area contributed by atoms with Crippen molar-refractivity contribution in [3.8, 4) is 33.3 Å². The summed E-state index contributed by atoms with van der Waals surface area (Å²) in [4.78, 5) is 36.4. The van der Waals surface area contributed by atoms with E-state index < -0.39 is 0 Å². The fourth-order valence-corrected chi connectivity index (χ4v) is 4.81. The van der Waals surface area contributed by atoms with Crippen LogP contribution in [0.15, 0.2) is 55.0 Å². The Morgan fingerprint density at radius 3 is 2.67 bits per heavy atom. The number of amides is 1. The van der Waals surface area contributed by atoms with E-state index in [-0.39, 0.29) is 11.8 Å². The Hall–Kier alpha value is -4.44. The molecule has 0 saturated carbocycles. The number of H-pyrrole nitrogens is 2. The highest BCUT2D eigenvalue weighted by Gasteiger charge is 2.18. The molecule has 6 heterocycles. The number of rotatable bonds is 5. The molecule has 0 atom stereocenters. The first-order chi connectivity index (χ1) is 17.5. The maximum Gasteiger partial charge on any atom is 0.226 e. The third kappa shape index (κ3) is 3.91. The van der Waals surface area contributed by atoms with Gasteiger partial charge in [0.25, 0.3) is 0 Å². The zero-order valence-electron chi connectivity index (χ0n) is 19.8. The van der Waals surface area contributed by atoms with Crippen molar-refractivity contribution in [2.45, 2.75) is 20.8 Å². The molecule has 1 amide bonds. The minimum atomic E-state index is -0.125. The summed E-state index contributed by atoms with van der Waals surface area (Å²) in [6.07, 6.45) is 5.13. The van der Waals surface area contributed by atoms with E-state index in [2.05, 4.69) is 49.5 Å². The molecule has 10 heteroatoms. The number of fused-ring (bicyclic) bond motifs is 2. The van der Waals surface area contributed by atoms with Gasteiger partial charge in [0, 0.05) is 28.8 Å². The molecule has 9 nitrogen and oxygen atoms in total. The summed E-state index contributed by atoms with van der Waals surface area (Å²) in [5.74, 6) is 0.422. The van der Waals surface area contributed by atoms with Crippen LogP contribution < -0.4 is 5.32 Å². The van der Waals surface area contributed by atoms with E-state index in [1.807, 2.05) is 38.1 Å². The predicted octanol–water partition coefficient (Wildman–Crippen LogP) is 5.59. The number of hydrogen-bond donors (Lipinski definition) is 3. The van der Waals surface area contributed by atoms with Gasteiger partial charge in [-0.2, -0.15) is 5.10 Å². The van der Waals surface area contributed by atoms with Crippen LogP contribution in [0.3, 0.4) is 0 Å². The Bertz CT molecular complexity index is 1750. The van der Waals surface area contributed by atoms with Crippen LogP contribution in [0.4, 0.5) is 5.69 Å². The molecule has 0 unspecified atom stereocenters. The summed E-state index contributed by atoms with van der Waals surface area (Å²) in [6.45, 7) is 5.77. The number of nitrogens with zero attached hydrogens (tertiary/aromatic N) is 5. The van der Waals surface area contributed by atoms with Crippen molar-refractivity contribution in [1.29, 1.82) is 0 Å². The average Bonchev–Trinajstić information content (AvgIpc) is 3.61. The minimum absolute atomic E-state index is 0.0639. The molecule has 6 aromatic heterocycles. The molecule has 0 aliphatic heterocycles. The Labute approximate surface area is 210 Å². The third-order valence-corrected chi connectivity index (χ3v) is 6.84. The van der Waals surface area contributed by atoms with Crippen molar-refractivity contribution < 1.29 is 4.79 Å². The van der Waals surface area contributed by atoms with E-state index in [0.29, 0.717) is 28.4 Å². The molecule has 0 fully saturated rings. The van der Waals surface area contributed by atoms with Gasteiger partial charge in [0.2, 0.25) is 5.91 Å². The second kappa shape index (κ2) is 8.65. The first-order valence-electron chi connectivity index (χ1n) is 11.5. The molecule has 0 aliphatic rings. The lowest BCUT2D eigenvalue weighted by molar-refractivity contribution is -0.118. The van der Waals surface area contributed by atoms with E-state index in [1.54, 1.807) is 29.9 Å². The number of pyridine rings is 3. The number of hydrogen-bond acceptors (Lipinski definition) is 7. The maximum atomic E-state index is 12.1. The van der Waals surface area contributed by atoms with Crippen LogP contribution in [0.5, 0.6) is 0 Å². The molecule has 6 rings (SSSR count). The summed E-state index contributed by atoms with van der Waals surface area (Å²) < 4.78 is 0. The molecule has 0 spiro atoms. The number of carbonyl (C=O) groups excluding carboxylic acids is 1. The van der Waals surface area contributed by atoms with Crippen LogP contribution in [-0.2, 0) is 4.79 Å². The standard InChI is InChI=1S/C26H22N8OS/c1-13(2)26(35)29-16-10-15(11-27-12-16)17-5-6-19-22(30-17)24(34-33-19)25-31-18-8-9-28-23(21(18)32-25)20-7-4-14(3)36-20/h4-13H,1-3H3,(H,29,35)(H,31,32)(H,33,34). The van der Waals surface area contributed by atoms with Gasteiger partial charge in [-0.25, -0.2) is 9.97 Å². The van der Waals surface area contributed by atoms with Crippen LogP contribution in [0.25, 0.3) is 55.4 Å². The second-order valence-corrected chi connectivity index (χ2v) is 10.1. The van der Waals surface area contributed by atoms with Gasteiger partial charge in [0.05, 0.1) is 33.5 Å². The smallest absolute Gasteiger partial charge is 0.226 e. The van der Waals surface area contributed by atoms with Crippen molar-refractivity contribution in [1.82, 2.24) is 35.1 Å². The summed E-state index contributed by atoms with van der Waals surface area (Å²) in [5, 5.41) is 10.4. The monoisotopic (exact) mass is 494 g/mol. The Morgan fingerprint density at radius 1 is 1.00 bits per heavy atom. The minimum Gasteiger partial charge on any atom is -0.336 e. The fourth-order valence-electron chi connectivity index (χ4n) is 3.95. The summed E-state index contributed by atoms with van der Waals surface area (Å²) >= 11 is 1.69. The van der Waals surface area contributed by atoms with Crippen molar-refractivity contribution in [2.75, 3.05) is 5.32 Å². The maximum absolute atomic E-state index is 12.1. The summed E-state index contributed by atoms with van der Waals surface area (Å²) in [5.41, 5.74) is 6.73. The zero-order chi connectivity index (χ0) is 24.8. The van der Waals surface area contributed by atoms with Crippen molar-refractivity contribution in [2.24, 2.45) is 5.92 Å². The molecule has 36 heavy (non-hydrogen) atoms. The quantitative estimate of drug-likeness (QED) is 0.287.